The molecule has 0 aliphatic heterocycles. The van der Waals surface area contributed by atoms with E-state index in [1.165, 1.54) is 24.3 Å². The number of ketones is 1. The molecule has 0 saturated carbocycles. The largest absolute Gasteiger partial charge is 0.512 e. The number of pyridine rings is 1. The first-order valence-corrected chi connectivity index (χ1v) is 6.90. The Hall–Kier alpha value is -1.78. The second kappa shape index (κ2) is 8.75. The van der Waals surface area contributed by atoms with Gasteiger partial charge in [-0.25, -0.2) is 0 Å². The van der Waals surface area contributed by atoms with E-state index in [1.54, 1.807) is 12.1 Å². The van der Waals surface area contributed by atoms with Crippen molar-refractivity contribution in [2.24, 2.45) is 0 Å². The molecule has 2 heterocycles. The van der Waals surface area contributed by atoms with Gasteiger partial charge in [0, 0.05) is 42.9 Å². The van der Waals surface area contributed by atoms with Gasteiger partial charge in [0.25, 0.3) is 0 Å². The molecule has 0 aromatic carbocycles. The minimum absolute atomic E-state index is 0. The van der Waals surface area contributed by atoms with Crippen molar-refractivity contribution in [2.75, 3.05) is 0 Å². The SMILES string of the molecule is CC(=O)C=C(C)O.CC(C)(C)c1cc(=O)n2[c-]cccc2n1.[Ir]. The van der Waals surface area contributed by atoms with Crippen LogP contribution in [0.5, 0.6) is 0 Å². The third kappa shape index (κ3) is 6.89. The standard InChI is InChI=1S/C12H13N2O.C5H8O2.Ir/c1-12(2,3)9-8-11(15)14-7-5-4-6-10(14)13-9;1-4(6)3-5(2)7;/h4-6,8H,1-3H3;3,6H,1-2H3;/q-1;;. The van der Waals surface area contributed by atoms with Crippen LogP contribution in [0, 0.1) is 6.20 Å². The van der Waals surface area contributed by atoms with Crippen LogP contribution >= 0.6 is 0 Å². The number of allylic oxidation sites excluding steroid dienone is 2. The van der Waals surface area contributed by atoms with Gasteiger partial charge in [-0.1, -0.05) is 27.0 Å². The molecule has 0 amide bonds. The monoisotopic (exact) mass is 494 g/mol. The van der Waals surface area contributed by atoms with Crippen molar-refractivity contribution in [1.82, 2.24) is 9.38 Å². The summed E-state index contributed by atoms with van der Waals surface area (Å²) in [4.78, 5) is 26.2. The Bertz CT molecular complexity index is 754. The van der Waals surface area contributed by atoms with Crippen LogP contribution in [0.25, 0.3) is 5.65 Å². The van der Waals surface area contributed by atoms with Crippen molar-refractivity contribution >= 4 is 11.4 Å². The summed E-state index contributed by atoms with van der Waals surface area (Å²) in [6.45, 7) is 8.97. The minimum atomic E-state index is -0.125. The average molecular weight is 494 g/mol. The van der Waals surface area contributed by atoms with E-state index >= 15 is 0 Å². The summed E-state index contributed by atoms with van der Waals surface area (Å²) in [5.41, 5.74) is 1.27. The summed E-state index contributed by atoms with van der Waals surface area (Å²) < 4.78 is 1.43. The van der Waals surface area contributed by atoms with E-state index in [0.717, 1.165) is 5.69 Å². The fourth-order valence-corrected chi connectivity index (χ4v) is 1.67. The molecule has 2 rings (SSSR count). The predicted octanol–water partition coefficient (Wildman–Crippen LogP) is 2.83. The smallest absolute Gasteiger partial charge is 0.173 e. The molecular formula is C17H21IrN2O3-. The van der Waals surface area contributed by atoms with Gasteiger partial charge in [-0.05, 0) is 19.9 Å². The maximum atomic E-state index is 11.7. The van der Waals surface area contributed by atoms with Crippen LogP contribution in [0.2, 0.25) is 0 Å². The summed E-state index contributed by atoms with van der Waals surface area (Å²) in [6.07, 6.45) is 4.01. The van der Waals surface area contributed by atoms with Gasteiger partial charge >= 0.3 is 0 Å². The molecule has 0 bridgehead atoms. The number of carbonyl (C=O) groups is 1. The van der Waals surface area contributed by atoms with Gasteiger partial charge in [-0.2, -0.15) is 0 Å². The number of hydrogen-bond acceptors (Lipinski definition) is 4. The Morgan fingerprint density at radius 2 is 1.96 bits per heavy atom. The van der Waals surface area contributed by atoms with Crippen LogP contribution in [0.4, 0.5) is 0 Å². The minimum Gasteiger partial charge on any atom is -0.512 e. The molecule has 0 aliphatic carbocycles. The van der Waals surface area contributed by atoms with Crippen LogP contribution in [0.3, 0.4) is 0 Å². The van der Waals surface area contributed by atoms with E-state index in [2.05, 4.69) is 11.2 Å². The number of nitrogens with zero attached hydrogens (tertiary/aromatic N) is 2. The number of hydrogen-bond donors (Lipinski definition) is 1. The molecular weight excluding hydrogens is 472 g/mol. The molecule has 0 fully saturated rings. The molecule has 1 radical (unpaired) electrons. The van der Waals surface area contributed by atoms with Crippen molar-refractivity contribution < 1.29 is 30.0 Å². The van der Waals surface area contributed by atoms with Crippen LogP contribution in [0.1, 0.15) is 40.3 Å². The van der Waals surface area contributed by atoms with Crippen LogP contribution < -0.4 is 5.56 Å². The zero-order valence-corrected chi connectivity index (χ0v) is 16.3. The fourth-order valence-electron chi connectivity index (χ4n) is 1.67. The van der Waals surface area contributed by atoms with Gasteiger partial charge in [0.1, 0.15) is 0 Å². The maximum Gasteiger partial charge on any atom is 0.173 e. The van der Waals surface area contributed by atoms with Gasteiger partial charge in [-0.3, -0.25) is 9.78 Å². The Labute approximate surface area is 149 Å². The zero-order valence-electron chi connectivity index (χ0n) is 13.9. The normalized spacial score (nSPS) is 11.3. The third-order valence-electron chi connectivity index (χ3n) is 2.67. The second-order valence-corrected chi connectivity index (χ2v) is 5.97. The van der Waals surface area contributed by atoms with Crippen molar-refractivity contribution in [3.8, 4) is 0 Å². The van der Waals surface area contributed by atoms with Gasteiger partial charge in [0.05, 0.1) is 5.76 Å². The second-order valence-electron chi connectivity index (χ2n) is 5.97. The molecule has 2 aromatic heterocycles. The molecule has 127 valence electrons. The zero-order chi connectivity index (χ0) is 16.9. The number of aliphatic hydroxyl groups is 1. The Kier molecular flexibility index (Phi) is 8.07. The molecule has 0 atom stereocenters. The van der Waals surface area contributed by atoms with E-state index in [-0.39, 0.29) is 42.6 Å². The predicted molar refractivity (Wildman–Crippen MR) is 86.1 cm³/mol. The first-order chi connectivity index (χ1) is 10.1. The molecule has 0 spiro atoms. The number of fused-ring (bicyclic) bond motifs is 1. The topological polar surface area (TPSA) is 71.7 Å². The van der Waals surface area contributed by atoms with E-state index in [9.17, 15) is 9.59 Å². The van der Waals surface area contributed by atoms with Crippen molar-refractivity contribution in [3.05, 3.63) is 58.3 Å². The molecule has 0 aliphatic rings. The van der Waals surface area contributed by atoms with Gasteiger partial charge in [0.15, 0.2) is 11.3 Å². The summed E-state index contributed by atoms with van der Waals surface area (Å²) >= 11 is 0. The Morgan fingerprint density at radius 1 is 1.35 bits per heavy atom. The number of aliphatic hydroxyl groups excluding tert-OH is 1. The van der Waals surface area contributed by atoms with Crippen LogP contribution in [-0.2, 0) is 30.3 Å². The number of carbonyl (C=O) groups excluding carboxylic acids is 1. The van der Waals surface area contributed by atoms with Gasteiger partial charge in [0.2, 0.25) is 0 Å². The molecule has 2 aromatic rings. The third-order valence-corrected chi connectivity index (χ3v) is 2.67. The van der Waals surface area contributed by atoms with Gasteiger partial charge < -0.3 is 14.3 Å². The first-order valence-electron chi connectivity index (χ1n) is 6.90. The summed E-state index contributed by atoms with van der Waals surface area (Å²) in [7, 11) is 0. The summed E-state index contributed by atoms with van der Waals surface area (Å²) in [6, 6.07) is 6.91. The molecule has 0 unspecified atom stereocenters. The van der Waals surface area contributed by atoms with E-state index in [4.69, 9.17) is 5.11 Å². The quantitative estimate of drug-likeness (QED) is 0.377. The summed E-state index contributed by atoms with van der Waals surface area (Å²) in [5.74, 6) is -0.0625. The van der Waals surface area contributed by atoms with Crippen LogP contribution in [-0.4, -0.2) is 20.3 Å². The molecule has 0 saturated heterocycles. The van der Waals surface area contributed by atoms with E-state index < -0.39 is 0 Å². The van der Waals surface area contributed by atoms with E-state index in [0.29, 0.717) is 5.65 Å². The summed E-state index contributed by atoms with van der Waals surface area (Å²) in [5, 5.41) is 8.36. The first kappa shape index (κ1) is 21.2. The Morgan fingerprint density at radius 3 is 2.39 bits per heavy atom. The molecule has 5 nitrogen and oxygen atoms in total. The Balaban J connectivity index is 0.000000522. The maximum absolute atomic E-state index is 11.7. The van der Waals surface area contributed by atoms with Crippen LogP contribution in [0.15, 0.2) is 40.9 Å². The molecule has 6 heteroatoms. The van der Waals surface area contributed by atoms with Crippen molar-refractivity contribution in [3.63, 3.8) is 0 Å². The number of aromatic nitrogens is 2. The fraction of sp³-hybridized carbons (Fsp3) is 0.353. The van der Waals surface area contributed by atoms with Crippen molar-refractivity contribution in [2.45, 2.75) is 40.0 Å². The average Bonchev–Trinajstić information content (AvgIpc) is 2.36. The molecule has 1 N–H and O–H groups in total. The molecule has 23 heavy (non-hydrogen) atoms. The van der Waals surface area contributed by atoms with Crippen molar-refractivity contribution in [1.29, 1.82) is 0 Å². The van der Waals surface area contributed by atoms with Gasteiger partial charge in [-0.15, -0.1) is 18.2 Å². The number of rotatable bonds is 1. The van der Waals surface area contributed by atoms with E-state index in [1.807, 2.05) is 32.9 Å².